The summed E-state index contributed by atoms with van der Waals surface area (Å²) >= 11 is 0. The van der Waals surface area contributed by atoms with Gasteiger partial charge < -0.3 is 10.3 Å². The van der Waals surface area contributed by atoms with Crippen molar-refractivity contribution in [3.05, 3.63) is 53.6 Å². The van der Waals surface area contributed by atoms with Gasteiger partial charge in [-0.15, -0.1) is 0 Å². The summed E-state index contributed by atoms with van der Waals surface area (Å²) in [6, 6.07) is 7.45. The molecular formula is C16H14FN3O. The molecule has 0 fully saturated rings. The van der Waals surface area contributed by atoms with Crippen LogP contribution in [0, 0.1) is 19.7 Å². The Kier molecular flexibility index (Phi) is 3.17. The van der Waals surface area contributed by atoms with E-state index in [1.165, 1.54) is 11.8 Å². The number of hydrogen-bond acceptors (Lipinski definition) is 4. The highest BCUT2D eigenvalue weighted by Crippen LogP contribution is 2.37. The lowest BCUT2D eigenvalue weighted by Gasteiger charge is -2.06. The fourth-order valence-corrected chi connectivity index (χ4v) is 2.23. The maximum absolute atomic E-state index is 13.9. The van der Waals surface area contributed by atoms with E-state index in [0.717, 1.165) is 17.3 Å². The minimum Gasteiger partial charge on any atom is -0.367 e. The molecule has 2 heterocycles. The third kappa shape index (κ3) is 2.27. The fraction of sp³-hybridized carbons (Fsp3) is 0.125. The van der Waals surface area contributed by atoms with Gasteiger partial charge in [0.15, 0.2) is 5.82 Å². The molecule has 0 bridgehead atoms. The van der Waals surface area contributed by atoms with E-state index in [9.17, 15) is 4.39 Å². The molecule has 0 saturated carbocycles. The Morgan fingerprint density at radius 2 is 1.95 bits per heavy atom. The predicted octanol–water partition coefficient (Wildman–Crippen LogP) is 3.74. The normalized spacial score (nSPS) is 10.8. The molecular weight excluding hydrogens is 269 g/mol. The highest BCUT2D eigenvalue weighted by molar-refractivity contribution is 5.87. The van der Waals surface area contributed by atoms with E-state index < -0.39 is 5.82 Å². The third-order valence-corrected chi connectivity index (χ3v) is 3.54. The number of aryl methyl sites for hydroxylation is 2. The molecule has 5 heteroatoms. The van der Waals surface area contributed by atoms with E-state index in [4.69, 9.17) is 10.3 Å². The number of benzene rings is 1. The number of hydrogen-bond donors (Lipinski definition) is 1. The van der Waals surface area contributed by atoms with Gasteiger partial charge in [-0.05, 0) is 36.6 Å². The molecule has 0 aliphatic carbocycles. The van der Waals surface area contributed by atoms with Gasteiger partial charge in [0.25, 0.3) is 0 Å². The number of nitrogen functional groups attached to an aromatic ring is 1. The topological polar surface area (TPSA) is 64.9 Å². The summed E-state index contributed by atoms with van der Waals surface area (Å²) in [5.41, 5.74) is 10.3. The molecule has 1 aromatic carbocycles. The first-order chi connectivity index (χ1) is 10.1. The Hall–Kier alpha value is -2.69. The Labute approximate surface area is 121 Å². The summed E-state index contributed by atoms with van der Waals surface area (Å²) in [4.78, 5) is 3.74. The van der Waals surface area contributed by atoms with Gasteiger partial charge in [0, 0.05) is 11.8 Å². The molecule has 0 aliphatic heterocycles. The van der Waals surface area contributed by atoms with Crippen LogP contribution in [0.5, 0.6) is 0 Å². The van der Waals surface area contributed by atoms with E-state index in [2.05, 4.69) is 10.1 Å². The molecule has 3 rings (SSSR count). The van der Waals surface area contributed by atoms with Crippen molar-refractivity contribution in [3.63, 3.8) is 0 Å². The molecule has 0 aliphatic rings. The van der Waals surface area contributed by atoms with Crippen molar-refractivity contribution in [2.45, 2.75) is 13.8 Å². The molecule has 106 valence electrons. The first-order valence-corrected chi connectivity index (χ1v) is 6.50. The summed E-state index contributed by atoms with van der Waals surface area (Å²) in [6.45, 7) is 4.04. The number of rotatable bonds is 2. The van der Waals surface area contributed by atoms with Crippen molar-refractivity contribution in [1.29, 1.82) is 0 Å². The first-order valence-electron chi connectivity index (χ1n) is 6.50. The van der Waals surface area contributed by atoms with Crippen molar-refractivity contribution in [2.75, 3.05) is 5.73 Å². The number of nitrogens with two attached hydrogens (primary N) is 1. The third-order valence-electron chi connectivity index (χ3n) is 3.54. The van der Waals surface area contributed by atoms with Gasteiger partial charge in [0.1, 0.15) is 5.69 Å². The largest absolute Gasteiger partial charge is 0.367 e. The predicted molar refractivity (Wildman–Crippen MR) is 79.0 cm³/mol. The van der Waals surface area contributed by atoms with Gasteiger partial charge in [-0.25, -0.2) is 4.39 Å². The van der Waals surface area contributed by atoms with Crippen LogP contribution in [0.25, 0.3) is 22.4 Å². The van der Waals surface area contributed by atoms with Crippen molar-refractivity contribution >= 4 is 5.88 Å². The Morgan fingerprint density at radius 1 is 1.14 bits per heavy atom. The number of halogens is 1. The van der Waals surface area contributed by atoms with E-state index in [-0.39, 0.29) is 5.88 Å². The smallest absolute Gasteiger partial charge is 0.230 e. The maximum Gasteiger partial charge on any atom is 0.230 e. The van der Waals surface area contributed by atoms with Crippen LogP contribution in [0.1, 0.15) is 11.1 Å². The molecule has 4 nitrogen and oxygen atoms in total. The molecule has 0 atom stereocenters. The second-order valence-electron chi connectivity index (χ2n) is 4.92. The van der Waals surface area contributed by atoms with Gasteiger partial charge >= 0.3 is 0 Å². The summed E-state index contributed by atoms with van der Waals surface area (Å²) < 4.78 is 19.0. The maximum atomic E-state index is 13.9. The first kappa shape index (κ1) is 13.3. The highest BCUT2D eigenvalue weighted by Gasteiger charge is 2.20. The fourth-order valence-electron chi connectivity index (χ4n) is 2.23. The van der Waals surface area contributed by atoms with Crippen LogP contribution in [0.4, 0.5) is 10.3 Å². The molecule has 0 spiro atoms. The van der Waals surface area contributed by atoms with Crippen molar-refractivity contribution in [3.8, 4) is 22.4 Å². The monoisotopic (exact) mass is 283 g/mol. The summed E-state index contributed by atoms with van der Waals surface area (Å²) in [5, 5.41) is 3.91. The molecule has 0 radical (unpaired) electrons. The standard InChI is InChI=1S/C16H14FN3O/c1-9-3-4-11(7-10(9)2)14-15(20-21-16(14)18)12-5-6-19-8-13(12)17/h3-8H,18H2,1-2H3. The zero-order valence-electron chi connectivity index (χ0n) is 11.7. The van der Waals surface area contributed by atoms with Crippen LogP contribution in [-0.4, -0.2) is 10.1 Å². The summed E-state index contributed by atoms with van der Waals surface area (Å²) in [6.07, 6.45) is 2.65. The lowest BCUT2D eigenvalue weighted by Crippen LogP contribution is -1.92. The number of anilines is 1. The molecule has 0 amide bonds. The SMILES string of the molecule is Cc1ccc(-c2c(-c3ccncc3F)noc2N)cc1C. The lowest BCUT2D eigenvalue weighted by molar-refractivity contribution is 0.439. The zero-order chi connectivity index (χ0) is 15.0. The number of aromatic nitrogens is 2. The van der Waals surface area contributed by atoms with Crippen molar-refractivity contribution in [2.24, 2.45) is 0 Å². The molecule has 2 aromatic heterocycles. The van der Waals surface area contributed by atoms with Crippen LogP contribution in [0.2, 0.25) is 0 Å². The minimum absolute atomic E-state index is 0.171. The Bertz CT molecular complexity index is 811. The Balaban J connectivity index is 2.22. The van der Waals surface area contributed by atoms with Gasteiger partial charge in [-0.2, -0.15) is 0 Å². The average Bonchev–Trinajstić information content (AvgIpc) is 2.84. The number of nitrogens with zero attached hydrogens (tertiary/aromatic N) is 2. The van der Waals surface area contributed by atoms with E-state index in [1.807, 2.05) is 32.0 Å². The zero-order valence-corrected chi connectivity index (χ0v) is 11.7. The lowest BCUT2D eigenvalue weighted by atomic mass is 9.98. The van der Waals surface area contributed by atoms with E-state index >= 15 is 0 Å². The molecule has 2 N–H and O–H groups in total. The van der Waals surface area contributed by atoms with Crippen LogP contribution < -0.4 is 5.73 Å². The van der Waals surface area contributed by atoms with Gasteiger partial charge in [0.05, 0.1) is 11.8 Å². The van der Waals surface area contributed by atoms with Gasteiger partial charge in [-0.3, -0.25) is 4.98 Å². The molecule has 0 unspecified atom stereocenters. The van der Waals surface area contributed by atoms with Crippen molar-refractivity contribution < 1.29 is 8.91 Å². The van der Waals surface area contributed by atoms with Gasteiger partial charge in [-0.1, -0.05) is 23.4 Å². The van der Waals surface area contributed by atoms with Crippen LogP contribution in [-0.2, 0) is 0 Å². The quantitative estimate of drug-likeness (QED) is 0.778. The second kappa shape index (κ2) is 5.01. The molecule has 0 saturated heterocycles. The van der Waals surface area contributed by atoms with Crippen LogP contribution in [0.15, 0.2) is 41.2 Å². The number of pyridine rings is 1. The second-order valence-corrected chi connectivity index (χ2v) is 4.92. The molecule has 3 aromatic rings. The Morgan fingerprint density at radius 3 is 2.67 bits per heavy atom. The van der Waals surface area contributed by atoms with Gasteiger partial charge in [0.2, 0.25) is 5.88 Å². The van der Waals surface area contributed by atoms with Crippen molar-refractivity contribution in [1.82, 2.24) is 10.1 Å². The van der Waals surface area contributed by atoms with Crippen LogP contribution in [0.3, 0.4) is 0 Å². The van der Waals surface area contributed by atoms with Crippen LogP contribution >= 0.6 is 0 Å². The highest BCUT2D eigenvalue weighted by atomic mass is 19.1. The van der Waals surface area contributed by atoms with E-state index in [1.54, 1.807) is 6.07 Å². The summed E-state index contributed by atoms with van der Waals surface area (Å²) in [5.74, 6) is -0.291. The van der Waals surface area contributed by atoms with E-state index in [0.29, 0.717) is 16.8 Å². The minimum atomic E-state index is -0.462. The molecule has 21 heavy (non-hydrogen) atoms. The summed E-state index contributed by atoms with van der Waals surface area (Å²) in [7, 11) is 0. The average molecular weight is 283 g/mol.